The molecule has 1 aliphatic rings. The van der Waals surface area contributed by atoms with E-state index < -0.39 is 10.0 Å². The van der Waals surface area contributed by atoms with Crippen LogP contribution in [0.15, 0.2) is 51.8 Å². The third kappa shape index (κ3) is 5.26. The van der Waals surface area contributed by atoms with E-state index in [1.54, 1.807) is 18.2 Å². The summed E-state index contributed by atoms with van der Waals surface area (Å²) in [6.07, 6.45) is 2.77. The Hall–Kier alpha value is -1.61. The van der Waals surface area contributed by atoms with Crippen LogP contribution < -0.4 is 10.1 Å². The van der Waals surface area contributed by atoms with E-state index in [-0.39, 0.29) is 28.2 Å². The third-order valence-electron chi connectivity index (χ3n) is 4.32. The van der Waals surface area contributed by atoms with Crippen LogP contribution in [0.5, 0.6) is 5.75 Å². The summed E-state index contributed by atoms with van der Waals surface area (Å²) < 4.78 is 33.2. The second-order valence-corrected chi connectivity index (χ2v) is 9.66. The maximum atomic E-state index is 12.7. The zero-order valence-corrected chi connectivity index (χ0v) is 18.2. The molecule has 28 heavy (non-hydrogen) atoms. The van der Waals surface area contributed by atoms with E-state index in [0.29, 0.717) is 18.8 Å². The van der Waals surface area contributed by atoms with Gasteiger partial charge in [0, 0.05) is 23.2 Å². The molecular formula is C19H20BrClN2O4S. The molecule has 0 saturated carbocycles. The standard InChI is InChI=1S/C19H20BrClN2O4S/c20-14-5-4-6-15(11-14)22-19(24)13-27-18-8-7-16(12-17(18)21)28(25,26)23-9-2-1-3-10-23/h4-8,11-12H,1-3,9-10,13H2,(H,22,24). The number of ether oxygens (including phenoxy) is 1. The Morgan fingerprint density at radius 1 is 1.14 bits per heavy atom. The van der Waals surface area contributed by atoms with Gasteiger partial charge in [0.1, 0.15) is 5.75 Å². The molecule has 0 atom stereocenters. The largest absolute Gasteiger partial charge is 0.482 e. The topological polar surface area (TPSA) is 75.7 Å². The molecule has 6 nitrogen and oxygen atoms in total. The quantitative estimate of drug-likeness (QED) is 0.659. The number of carbonyl (C=O) groups excluding carboxylic acids is 1. The predicted octanol–water partition coefficient (Wildman–Crippen LogP) is 4.29. The monoisotopic (exact) mass is 486 g/mol. The van der Waals surface area contributed by atoms with Crippen LogP contribution in [0.25, 0.3) is 0 Å². The molecule has 2 aromatic rings. The van der Waals surface area contributed by atoms with E-state index >= 15 is 0 Å². The van der Waals surface area contributed by atoms with Crippen LogP contribution >= 0.6 is 27.5 Å². The second-order valence-electron chi connectivity index (χ2n) is 6.40. The highest BCUT2D eigenvalue weighted by molar-refractivity contribution is 9.10. The molecule has 2 aromatic carbocycles. The second kappa shape index (κ2) is 9.26. The Labute approximate surface area is 178 Å². The minimum atomic E-state index is -3.57. The molecule has 0 spiro atoms. The molecule has 150 valence electrons. The summed E-state index contributed by atoms with van der Waals surface area (Å²) >= 11 is 9.53. The maximum absolute atomic E-state index is 12.7. The molecular weight excluding hydrogens is 468 g/mol. The Morgan fingerprint density at radius 2 is 1.89 bits per heavy atom. The van der Waals surface area contributed by atoms with Gasteiger partial charge in [-0.2, -0.15) is 4.31 Å². The van der Waals surface area contributed by atoms with E-state index in [4.69, 9.17) is 16.3 Å². The van der Waals surface area contributed by atoms with Crippen LogP contribution in [0.4, 0.5) is 5.69 Å². The highest BCUT2D eigenvalue weighted by atomic mass is 79.9. The van der Waals surface area contributed by atoms with Crippen LogP contribution in [0, 0.1) is 0 Å². The van der Waals surface area contributed by atoms with Gasteiger partial charge in [-0.25, -0.2) is 8.42 Å². The lowest BCUT2D eigenvalue weighted by Crippen LogP contribution is -2.35. The fourth-order valence-electron chi connectivity index (χ4n) is 2.92. The molecule has 0 aliphatic carbocycles. The molecule has 9 heteroatoms. The van der Waals surface area contributed by atoms with Crippen LogP contribution in [-0.2, 0) is 14.8 Å². The first-order chi connectivity index (χ1) is 13.4. The van der Waals surface area contributed by atoms with Crippen molar-refractivity contribution in [2.75, 3.05) is 25.0 Å². The molecule has 1 saturated heterocycles. The number of benzene rings is 2. The van der Waals surface area contributed by atoms with Gasteiger partial charge in [-0.15, -0.1) is 0 Å². The number of sulfonamides is 1. The number of halogens is 2. The molecule has 0 radical (unpaired) electrons. The van der Waals surface area contributed by atoms with Gasteiger partial charge < -0.3 is 10.1 Å². The number of carbonyl (C=O) groups is 1. The summed E-state index contributed by atoms with van der Waals surface area (Å²) in [4.78, 5) is 12.2. The Kier molecular flexibility index (Phi) is 6.98. The molecule has 0 bridgehead atoms. The number of hydrogen-bond donors (Lipinski definition) is 1. The molecule has 1 heterocycles. The van der Waals surface area contributed by atoms with E-state index in [1.807, 2.05) is 6.07 Å². The van der Waals surface area contributed by atoms with E-state index in [0.717, 1.165) is 23.7 Å². The van der Waals surface area contributed by atoms with Crippen molar-refractivity contribution in [3.05, 3.63) is 52.0 Å². The first kappa shape index (κ1) is 21.1. The summed E-state index contributed by atoms with van der Waals surface area (Å²) in [5, 5.41) is 2.86. The number of hydrogen-bond acceptors (Lipinski definition) is 4. The van der Waals surface area contributed by atoms with Crippen molar-refractivity contribution in [3.63, 3.8) is 0 Å². The molecule has 1 N–H and O–H groups in total. The SMILES string of the molecule is O=C(COc1ccc(S(=O)(=O)N2CCCCC2)cc1Cl)Nc1cccc(Br)c1. The van der Waals surface area contributed by atoms with Gasteiger partial charge in [-0.05, 0) is 49.2 Å². The van der Waals surface area contributed by atoms with Crippen LogP contribution in [0.3, 0.4) is 0 Å². The number of anilines is 1. The van der Waals surface area contributed by atoms with E-state index in [2.05, 4.69) is 21.2 Å². The average Bonchev–Trinajstić information content (AvgIpc) is 2.67. The molecule has 3 rings (SSSR count). The zero-order chi connectivity index (χ0) is 20.1. The van der Waals surface area contributed by atoms with E-state index in [1.165, 1.54) is 22.5 Å². The third-order valence-corrected chi connectivity index (χ3v) is 7.01. The summed E-state index contributed by atoms with van der Waals surface area (Å²) in [5.74, 6) is -0.0946. The van der Waals surface area contributed by atoms with Gasteiger partial charge in [-0.3, -0.25) is 4.79 Å². The molecule has 1 amide bonds. The lowest BCUT2D eigenvalue weighted by molar-refractivity contribution is -0.118. The Morgan fingerprint density at radius 3 is 2.57 bits per heavy atom. The van der Waals surface area contributed by atoms with E-state index in [9.17, 15) is 13.2 Å². The van der Waals surface area contributed by atoms with Gasteiger partial charge in [0.05, 0.1) is 9.92 Å². The number of nitrogens with one attached hydrogen (secondary N) is 1. The van der Waals surface area contributed by atoms with Gasteiger partial charge in [-0.1, -0.05) is 40.0 Å². The van der Waals surface area contributed by atoms with Crippen molar-refractivity contribution in [1.82, 2.24) is 4.31 Å². The van der Waals surface area contributed by atoms with Crippen molar-refractivity contribution in [2.24, 2.45) is 0 Å². The molecule has 0 unspecified atom stereocenters. The summed E-state index contributed by atoms with van der Waals surface area (Å²) in [6.45, 7) is 0.798. The molecule has 0 aromatic heterocycles. The number of rotatable bonds is 6. The summed E-state index contributed by atoms with van der Waals surface area (Å²) in [5.41, 5.74) is 0.636. The summed E-state index contributed by atoms with van der Waals surface area (Å²) in [6, 6.07) is 11.5. The molecule has 1 aliphatic heterocycles. The van der Waals surface area contributed by atoms with Crippen molar-refractivity contribution >= 4 is 49.1 Å². The minimum absolute atomic E-state index is 0.130. The number of piperidine rings is 1. The average molecular weight is 488 g/mol. The lowest BCUT2D eigenvalue weighted by Gasteiger charge is -2.26. The number of nitrogens with zero attached hydrogens (tertiary/aromatic N) is 1. The zero-order valence-electron chi connectivity index (χ0n) is 15.0. The van der Waals surface area contributed by atoms with Crippen molar-refractivity contribution in [3.8, 4) is 5.75 Å². The first-order valence-electron chi connectivity index (χ1n) is 8.84. The lowest BCUT2D eigenvalue weighted by atomic mass is 10.2. The van der Waals surface area contributed by atoms with Crippen LogP contribution in [0.2, 0.25) is 5.02 Å². The van der Waals surface area contributed by atoms with Gasteiger partial charge in [0.25, 0.3) is 5.91 Å². The Balaban J connectivity index is 1.63. The fraction of sp³-hybridized carbons (Fsp3) is 0.316. The van der Waals surface area contributed by atoms with Crippen molar-refractivity contribution in [1.29, 1.82) is 0 Å². The minimum Gasteiger partial charge on any atom is -0.482 e. The fourth-order valence-corrected chi connectivity index (χ4v) is 5.16. The first-order valence-corrected chi connectivity index (χ1v) is 11.5. The van der Waals surface area contributed by atoms with Crippen LogP contribution in [-0.4, -0.2) is 38.3 Å². The summed E-state index contributed by atoms with van der Waals surface area (Å²) in [7, 11) is -3.57. The van der Waals surface area contributed by atoms with Crippen LogP contribution in [0.1, 0.15) is 19.3 Å². The van der Waals surface area contributed by atoms with Crippen molar-refractivity contribution < 1.29 is 17.9 Å². The predicted molar refractivity (Wildman–Crippen MR) is 112 cm³/mol. The van der Waals surface area contributed by atoms with Crippen molar-refractivity contribution in [2.45, 2.75) is 24.2 Å². The number of amides is 1. The molecule has 1 fully saturated rings. The highest BCUT2D eigenvalue weighted by Gasteiger charge is 2.26. The maximum Gasteiger partial charge on any atom is 0.262 e. The normalized spacial score (nSPS) is 15.2. The van der Waals surface area contributed by atoms with Gasteiger partial charge in [0.2, 0.25) is 10.0 Å². The highest BCUT2D eigenvalue weighted by Crippen LogP contribution is 2.29. The van der Waals surface area contributed by atoms with Gasteiger partial charge >= 0.3 is 0 Å². The van der Waals surface area contributed by atoms with Gasteiger partial charge in [0.15, 0.2) is 6.61 Å². The Bertz CT molecular complexity index is 962. The smallest absolute Gasteiger partial charge is 0.262 e.